The molecule has 6 N–H and O–H groups in total. The smallest absolute Gasteiger partial charge is 0.258 e. The second-order valence-electron chi connectivity index (χ2n) is 13.0. The standard InChI is InChI=1S/C40H42N4O7/c1-40(50,28-7-3-2-4-8-28)29-9-5-11-31(21-29)51-25-37(48)42-30-10-6-20-44(24-30)39(49)27-14-12-26(13-15-27)22-41-23-35(46)32-16-18-34(45)38-33(32)17-19-36(47)43-38/h2-5,7-9,11-19,21,30,35,41,45-46,50H,6,10,20,22-25H2,1H3,(H,42,48)(H,43,47). The third-order valence-electron chi connectivity index (χ3n) is 9.31. The average molecular weight is 691 g/mol. The summed E-state index contributed by atoms with van der Waals surface area (Å²) in [6.07, 6.45) is 0.622. The molecular weight excluding hydrogens is 648 g/mol. The van der Waals surface area contributed by atoms with Gasteiger partial charge in [0, 0.05) is 49.2 Å². The molecule has 0 saturated carbocycles. The number of hydrogen-bond donors (Lipinski definition) is 6. The van der Waals surface area contributed by atoms with Crippen molar-refractivity contribution in [3.8, 4) is 11.5 Å². The molecule has 4 aromatic carbocycles. The molecule has 2 heterocycles. The molecule has 11 nitrogen and oxygen atoms in total. The fourth-order valence-corrected chi connectivity index (χ4v) is 6.48. The van der Waals surface area contributed by atoms with E-state index in [0.29, 0.717) is 47.5 Å². The number of fused-ring (bicyclic) bond motifs is 1. The Morgan fingerprint density at radius 2 is 1.75 bits per heavy atom. The van der Waals surface area contributed by atoms with E-state index in [-0.39, 0.29) is 47.8 Å². The second-order valence-corrected chi connectivity index (χ2v) is 13.0. The van der Waals surface area contributed by atoms with Crippen LogP contribution in [0.3, 0.4) is 0 Å². The molecule has 1 saturated heterocycles. The maximum Gasteiger partial charge on any atom is 0.258 e. The quantitative estimate of drug-likeness (QED) is 0.114. The van der Waals surface area contributed by atoms with E-state index in [4.69, 9.17) is 4.74 Å². The van der Waals surface area contributed by atoms with Crippen molar-refractivity contribution in [1.29, 1.82) is 0 Å². The zero-order valence-corrected chi connectivity index (χ0v) is 28.3. The predicted molar refractivity (Wildman–Crippen MR) is 193 cm³/mol. The van der Waals surface area contributed by atoms with Gasteiger partial charge in [-0.05, 0) is 78.4 Å². The number of ether oxygens (including phenoxy) is 1. The monoisotopic (exact) mass is 690 g/mol. The highest BCUT2D eigenvalue weighted by molar-refractivity contribution is 5.94. The zero-order chi connectivity index (χ0) is 36.0. The Morgan fingerprint density at radius 3 is 2.53 bits per heavy atom. The van der Waals surface area contributed by atoms with Crippen LogP contribution in [0.15, 0.2) is 108 Å². The first-order chi connectivity index (χ1) is 24.6. The van der Waals surface area contributed by atoms with Crippen molar-refractivity contribution >= 4 is 22.7 Å². The van der Waals surface area contributed by atoms with Gasteiger partial charge in [-0.1, -0.05) is 60.7 Å². The van der Waals surface area contributed by atoms with E-state index >= 15 is 0 Å². The van der Waals surface area contributed by atoms with E-state index in [1.165, 1.54) is 12.1 Å². The highest BCUT2D eigenvalue weighted by Crippen LogP contribution is 2.31. The van der Waals surface area contributed by atoms with E-state index in [2.05, 4.69) is 15.6 Å². The molecule has 1 fully saturated rings. The summed E-state index contributed by atoms with van der Waals surface area (Å²) >= 11 is 0. The molecule has 2 amide bonds. The molecule has 11 heteroatoms. The summed E-state index contributed by atoms with van der Waals surface area (Å²) < 4.78 is 5.78. The molecule has 264 valence electrons. The average Bonchev–Trinajstić information content (AvgIpc) is 3.15. The Morgan fingerprint density at radius 1 is 0.980 bits per heavy atom. The number of carbonyl (C=O) groups excluding carboxylic acids is 2. The van der Waals surface area contributed by atoms with Crippen LogP contribution in [0.25, 0.3) is 10.9 Å². The number of pyridine rings is 1. The number of hydrogen-bond acceptors (Lipinski definition) is 8. The van der Waals surface area contributed by atoms with Crippen molar-refractivity contribution in [2.45, 2.75) is 44.1 Å². The first-order valence-corrected chi connectivity index (χ1v) is 17.0. The number of piperidine rings is 1. The van der Waals surface area contributed by atoms with Crippen LogP contribution >= 0.6 is 0 Å². The summed E-state index contributed by atoms with van der Waals surface area (Å²) in [5.74, 6) is 0.00815. The Hall–Kier alpha value is -5.49. The highest BCUT2D eigenvalue weighted by Gasteiger charge is 2.27. The summed E-state index contributed by atoms with van der Waals surface area (Å²) in [4.78, 5) is 42.2. The summed E-state index contributed by atoms with van der Waals surface area (Å²) in [7, 11) is 0. The van der Waals surface area contributed by atoms with Crippen molar-refractivity contribution < 1.29 is 29.6 Å². The second kappa shape index (κ2) is 15.6. The minimum absolute atomic E-state index is 0.0645. The number of aliphatic hydroxyl groups excluding tert-OH is 1. The van der Waals surface area contributed by atoms with E-state index in [1.807, 2.05) is 48.5 Å². The summed E-state index contributed by atoms with van der Waals surface area (Å²) in [5.41, 5.74) is 2.17. The molecule has 3 unspecified atom stereocenters. The maximum absolute atomic E-state index is 13.4. The number of phenols is 1. The van der Waals surface area contributed by atoms with Crippen LogP contribution in [-0.4, -0.2) is 69.3 Å². The highest BCUT2D eigenvalue weighted by atomic mass is 16.5. The minimum Gasteiger partial charge on any atom is -0.506 e. The number of benzene rings is 4. The van der Waals surface area contributed by atoms with Crippen molar-refractivity contribution in [1.82, 2.24) is 20.5 Å². The lowest BCUT2D eigenvalue weighted by Crippen LogP contribution is -2.50. The van der Waals surface area contributed by atoms with Gasteiger partial charge >= 0.3 is 0 Å². The lowest BCUT2D eigenvalue weighted by Gasteiger charge is -2.33. The van der Waals surface area contributed by atoms with E-state index in [1.54, 1.807) is 54.3 Å². The molecule has 0 bridgehead atoms. The predicted octanol–water partition coefficient (Wildman–Crippen LogP) is 4.11. The number of H-pyrrole nitrogens is 1. The van der Waals surface area contributed by atoms with Gasteiger partial charge < -0.3 is 40.6 Å². The molecular formula is C40H42N4O7. The summed E-state index contributed by atoms with van der Waals surface area (Å²) in [5, 5.41) is 38.9. The maximum atomic E-state index is 13.4. The number of rotatable bonds is 12. The Labute approximate surface area is 295 Å². The van der Waals surface area contributed by atoms with Gasteiger partial charge in [-0.2, -0.15) is 0 Å². The zero-order valence-electron chi connectivity index (χ0n) is 28.3. The van der Waals surface area contributed by atoms with Crippen molar-refractivity contribution in [3.63, 3.8) is 0 Å². The Bertz CT molecular complexity index is 2050. The Balaban J connectivity index is 0.969. The van der Waals surface area contributed by atoms with Gasteiger partial charge in [0.15, 0.2) is 6.61 Å². The number of carbonyl (C=O) groups is 2. The van der Waals surface area contributed by atoms with Gasteiger partial charge in [-0.25, -0.2) is 0 Å². The molecule has 51 heavy (non-hydrogen) atoms. The van der Waals surface area contributed by atoms with Gasteiger partial charge in [-0.3, -0.25) is 14.4 Å². The number of aromatic hydroxyl groups is 1. The number of aromatic nitrogens is 1. The number of amides is 2. The van der Waals surface area contributed by atoms with Crippen molar-refractivity contribution in [3.05, 3.63) is 141 Å². The van der Waals surface area contributed by atoms with E-state index in [0.717, 1.165) is 24.0 Å². The van der Waals surface area contributed by atoms with Gasteiger partial charge in [0.1, 0.15) is 17.1 Å². The molecule has 3 atom stereocenters. The van der Waals surface area contributed by atoms with Crippen LogP contribution in [0.5, 0.6) is 11.5 Å². The molecule has 1 aliphatic heterocycles. The van der Waals surface area contributed by atoms with Gasteiger partial charge in [-0.15, -0.1) is 0 Å². The molecule has 6 rings (SSSR count). The number of aliphatic hydroxyl groups is 2. The third-order valence-corrected chi connectivity index (χ3v) is 9.31. The fraction of sp³-hybridized carbons (Fsp3) is 0.275. The number of nitrogens with zero attached hydrogens (tertiary/aromatic N) is 1. The first-order valence-electron chi connectivity index (χ1n) is 17.0. The number of likely N-dealkylation sites (tertiary alicyclic amines) is 1. The molecule has 0 aliphatic carbocycles. The van der Waals surface area contributed by atoms with Crippen LogP contribution in [0.1, 0.15) is 58.5 Å². The number of phenolic OH excluding ortho intramolecular Hbond substituents is 1. The lowest BCUT2D eigenvalue weighted by atomic mass is 9.88. The van der Waals surface area contributed by atoms with E-state index in [9.17, 15) is 29.7 Å². The van der Waals surface area contributed by atoms with Gasteiger partial charge in [0.05, 0.1) is 11.6 Å². The fourth-order valence-electron chi connectivity index (χ4n) is 6.48. The minimum atomic E-state index is -1.22. The topological polar surface area (TPSA) is 164 Å². The van der Waals surface area contributed by atoms with Crippen LogP contribution in [0.2, 0.25) is 0 Å². The molecule has 1 aromatic heterocycles. The first kappa shape index (κ1) is 35.3. The summed E-state index contributed by atoms with van der Waals surface area (Å²) in [6, 6.07) is 29.5. The number of aromatic amines is 1. The molecule has 5 aromatic rings. The van der Waals surface area contributed by atoms with Crippen LogP contribution < -0.4 is 20.9 Å². The molecule has 0 radical (unpaired) electrons. The molecule has 0 spiro atoms. The largest absolute Gasteiger partial charge is 0.506 e. The van der Waals surface area contributed by atoms with Crippen LogP contribution in [-0.2, 0) is 16.9 Å². The van der Waals surface area contributed by atoms with Crippen molar-refractivity contribution in [2.75, 3.05) is 26.2 Å². The normalized spacial score (nSPS) is 16.3. The lowest BCUT2D eigenvalue weighted by molar-refractivity contribution is -0.124. The van der Waals surface area contributed by atoms with Gasteiger partial charge in [0.2, 0.25) is 5.56 Å². The summed E-state index contributed by atoms with van der Waals surface area (Å²) in [6.45, 7) is 3.19. The van der Waals surface area contributed by atoms with Crippen molar-refractivity contribution in [2.24, 2.45) is 0 Å². The number of nitrogens with one attached hydrogen (secondary N) is 3. The molecule has 1 aliphatic rings. The van der Waals surface area contributed by atoms with Crippen LogP contribution in [0.4, 0.5) is 0 Å². The third kappa shape index (κ3) is 8.46. The van der Waals surface area contributed by atoms with Gasteiger partial charge in [0.25, 0.3) is 11.8 Å². The Kier molecular flexibility index (Phi) is 10.8. The van der Waals surface area contributed by atoms with E-state index < -0.39 is 11.7 Å². The van der Waals surface area contributed by atoms with Crippen LogP contribution in [0, 0.1) is 0 Å². The SMILES string of the molecule is CC(O)(c1ccccc1)c1cccc(OCC(=O)NC2CCCN(C(=O)c3ccc(CNCC(O)c4ccc(O)c5[nH]c(=O)ccc45)cc3)C2)c1.